The molecule has 2 atom stereocenters. The van der Waals surface area contributed by atoms with Crippen LogP contribution in [0.2, 0.25) is 0 Å². The van der Waals surface area contributed by atoms with Crippen molar-refractivity contribution in [2.75, 3.05) is 20.8 Å². The zero-order valence-electron chi connectivity index (χ0n) is 11.6. The van der Waals surface area contributed by atoms with Gasteiger partial charge in [-0.15, -0.1) is 0 Å². The molecule has 19 heavy (non-hydrogen) atoms. The second-order valence-corrected chi connectivity index (χ2v) is 4.85. The minimum Gasteiger partial charge on any atom is -0.497 e. The van der Waals surface area contributed by atoms with Gasteiger partial charge in [0, 0.05) is 18.6 Å². The summed E-state index contributed by atoms with van der Waals surface area (Å²) in [4.78, 5) is 0. The Labute approximate surface area is 114 Å². The van der Waals surface area contributed by atoms with Gasteiger partial charge in [0.25, 0.3) is 0 Å². The fourth-order valence-electron chi connectivity index (χ4n) is 2.47. The maximum atomic E-state index is 10.4. The lowest BCUT2D eigenvalue weighted by Crippen LogP contribution is -2.21. The molecule has 0 bridgehead atoms. The van der Waals surface area contributed by atoms with Crippen LogP contribution in [0.3, 0.4) is 0 Å². The average Bonchev–Trinajstić information content (AvgIpc) is 2.47. The zero-order chi connectivity index (χ0) is 13.7. The van der Waals surface area contributed by atoms with E-state index in [1.165, 1.54) is 6.42 Å². The second-order valence-electron chi connectivity index (χ2n) is 4.85. The highest BCUT2D eigenvalue weighted by molar-refractivity contribution is 5.41. The summed E-state index contributed by atoms with van der Waals surface area (Å²) in [6, 6.07) is 5.47. The van der Waals surface area contributed by atoms with E-state index in [9.17, 15) is 5.11 Å². The first-order valence-electron chi connectivity index (χ1n) is 6.76. The molecule has 4 nitrogen and oxygen atoms in total. The number of ether oxygens (including phenoxy) is 3. The Morgan fingerprint density at radius 1 is 1.32 bits per heavy atom. The summed E-state index contributed by atoms with van der Waals surface area (Å²) >= 11 is 0. The first-order chi connectivity index (χ1) is 9.24. The van der Waals surface area contributed by atoms with Crippen LogP contribution >= 0.6 is 0 Å². The van der Waals surface area contributed by atoms with Gasteiger partial charge in [-0.2, -0.15) is 0 Å². The molecule has 1 fully saturated rings. The van der Waals surface area contributed by atoms with Crippen LogP contribution in [0, 0.1) is 0 Å². The van der Waals surface area contributed by atoms with Crippen molar-refractivity contribution in [1.29, 1.82) is 0 Å². The first kappa shape index (κ1) is 14.2. The van der Waals surface area contributed by atoms with Gasteiger partial charge in [0.15, 0.2) is 0 Å². The topological polar surface area (TPSA) is 47.9 Å². The van der Waals surface area contributed by atoms with Gasteiger partial charge in [-0.25, -0.2) is 0 Å². The molecular weight excluding hydrogens is 244 g/mol. The molecule has 2 unspecified atom stereocenters. The van der Waals surface area contributed by atoms with Gasteiger partial charge in [-0.1, -0.05) is 0 Å². The third-order valence-corrected chi connectivity index (χ3v) is 3.56. The molecule has 1 aromatic carbocycles. The smallest absolute Gasteiger partial charge is 0.124 e. The zero-order valence-corrected chi connectivity index (χ0v) is 11.6. The fourth-order valence-corrected chi connectivity index (χ4v) is 2.47. The van der Waals surface area contributed by atoms with E-state index in [1.54, 1.807) is 14.2 Å². The standard InChI is InChI=1S/C15H22O4/c1-17-11-6-7-15(18-2)13(9-11)14(16)10-12-5-3-4-8-19-12/h6-7,9,12,14,16H,3-5,8,10H2,1-2H3. The Balaban J connectivity index is 2.09. The Morgan fingerprint density at radius 3 is 2.79 bits per heavy atom. The van der Waals surface area contributed by atoms with E-state index in [2.05, 4.69) is 0 Å². The molecule has 0 amide bonds. The van der Waals surface area contributed by atoms with E-state index in [-0.39, 0.29) is 6.10 Å². The number of benzene rings is 1. The average molecular weight is 266 g/mol. The molecule has 106 valence electrons. The summed E-state index contributed by atoms with van der Waals surface area (Å²) in [7, 11) is 3.22. The molecule has 0 radical (unpaired) electrons. The first-order valence-corrected chi connectivity index (χ1v) is 6.76. The van der Waals surface area contributed by atoms with Crippen molar-refractivity contribution in [2.24, 2.45) is 0 Å². The Morgan fingerprint density at radius 2 is 2.16 bits per heavy atom. The van der Waals surface area contributed by atoms with Crippen LogP contribution in [0.5, 0.6) is 11.5 Å². The van der Waals surface area contributed by atoms with Crippen molar-refractivity contribution >= 4 is 0 Å². The highest BCUT2D eigenvalue weighted by Crippen LogP contribution is 2.33. The Hall–Kier alpha value is -1.26. The summed E-state index contributed by atoms with van der Waals surface area (Å²) < 4.78 is 16.2. The van der Waals surface area contributed by atoms with Gasteiger partial charge in [0.05, 0.1) is 26.4 Å². The van der Waals surface area contributed by atoms with E-state index >= 15 is 0 Å². The van der Waals surface area contributed by atoms with Crippen molar-refractivity contribution in [1.82, 2.24) is 0 Å². The minimum atomic E-state index is -0.590. The number of aliphatic hydroxyl groups is 1. The molecule has 0 aliphatic carbocycles. The van der Waals surface area contributed by atoms with Crippen LogP contribution in [-0.2, 0) is 4.74 Å². The molecule has 1 saturated heterocycles. The highest BCUT2D eigenvalue weighted by Gasteiger charge is 2.21. The molecule has 0 spiro atoms. The van der Waals surface area contributed by atoms with E-state index in [0.29, 0.717) is 12.2 Å². The van der Waals surface area contributed by atoms with Crippen molar-refractivity contribution in [2.45, 2.75) is 37.9 Å². The highest BCUT2D eigenvalue weighted by atomic mass is 16.5. The molecule has 4 heteroatoms. The largest absolute Gasteiger partial charge is 0.497 e. The number of hydrogen-bond acceptors (Lipinski definition) is 4. The molecule has 1 aliphatic heterocycles. The van der Waals surface area contributed by atoms with Gasteiger partial charge in [-0.05, 0) is 37.5 Å². The molecule has 1 N–H and O–H groups in total. The number of methoxy groups -OCH3 is 2. The van der Waals surface area contributed by atoms with Crippen molar-refractivity contribution in [3.63, 3.8) is 0 Å². The van der Waals surface area contributed by atoms with Gasteiger partial charge in [0.1, 0.15) is 11.5 Å². The minimum absolute atomic E-state index is 0.139. The van der Waals surface area contributed by atoms with Gasteiger partial charge in [0.2, 0.25) is 0 Å². The SMILES string of the molecule is COc1ccc(OC)c(C(O)CC2CCCCO2)c1. The Bertz CT molecular complexity index is 399. The van der Waals surface area contributed by atoms with Crippen LogP contribution in [0.1, 0.15) is 37.4 Å². The summed E-state index contributed by atoms with van der Waals surface area (Å²) in [6.07, 6.45) is 3.46. The number of hydrogen-bond donors (Lipinski definition) is 1. The van der Waals surface area contributed by atoms with E-state index in [4.69, 9.17) is 14.2 Å². The van der Waals surface area contributed by atoms with E-state index in [1.807, 2.05) is 18.2 Å². The summed E-state index contributed by atoms with van der Waals surface area (Å²) in [5.41, 5.74) is 0.760. The van der Waals surface area contributed by atoms with Crippen molar-refractivity contribution in [3.05, 3.63) is 23.8 Å². The lowest BCUT2D eigenvalue weighted by molar-refractivity contribution is -0.0159. The summed E-state index contributed by atoms with van der Waals surface area (Å²) in [5, 5.41) is 10.4. The van der Waals surface area contributed by atoms with E-state index < -0.39 is 6.10 Å². The Kier molecular flexibility index (Phi) is 5.05. The van der Waals surface area contributed by atoms with Gasteiger partial charge < -0.3 is 19.3 Å². The van der Waals surface area contributed by atoms with Crippen LogP contribution < -0.4 is 9.47 Å². The molecule has 0 saturated carbocycles. The lowest BCUT2D eigenvalue weighted by atomic mass is 9.98. The predicted octanol–water partition coefficient (Wildman–Crippen LogP) is 2.70. The third-order valence-electron chi connectivity index (χ3n) is 3.56. The molecule has 0 aromatic heterocycles. The van der Waals surface area contributed by atoms with E-state index in [0.717, 1.165) is 30.8 Å². The van der Waals surface area contributed by atoms with Crippen molar-refractivity contribution < 1.29 is 19.3 Å². The predicted molar refractivity (Wildman–Crippen MR) is 72.7 cm³/mol. The maximum absolute atomic E-state index is 10.4. The second kappa shape index (κ2) is 6.78. The van der Waals surface area contributed by atoms with Crippen LogP contribution in [0.4, 0.5) is 0 Å². The van der Waals surface area contributed by atoms with Gasteiger partial charge >= 0.3 is 0 Å². The monoisotopic (exact) mass is 266 g/mol. The summed E-state index contributed by atoms with van der Waals surface area (Å²) in [5.74, 6) is 1.41. The molecule has 1 aliphatic rings. The quantitative estimate of drug-likeness (QED) is 0.890. The van der Waals surface area contributed by atoms with Crippen LogP contribution in [-0.4, -0.2) is 32.0 Å². The number of aliphatic hydroxyl groups excluding tert-OH is 1. The fraction of sp³-hybridized carbons (Fsp3) is 0.600. The van der Waals surface area contributed by atoms with Gasteiger partial charge in [-0.3, -0.25) is 0 Å². The molecular formula is C15H22O4. The van der Waals surface area contributed by atoms with Crippen molar-refractivity contribution in [3.8, 4) is 11.5 Å². The molecule has 1 aromatic rings. The normalized spacial score (nSPS) is 20.9. The molecule has 2 rings (SSSR count). The third kappa shape index (κ3) is 3.61. The van der Waals surface area contributed by atoms with Crippen LogP contribution in [0.25, 0.3) is 0 Å². The lowest BCUT2D eigenvalue weighted by Gasteiger charge is -2.25. The maximum Gasteiger partial charge on any atom is 0.124 e. The summed E-state index contributed by atoms with van der Waals surface area (Å²) in [6.45, 7) is 0.798. The number of rotatable bonds is 5. The molecule has 1 heterocycles. The van der Waals surface area contributed by atoms with Crippen LogP contribution in [0.15, 0.2) is 18.2 Å².